The number of unbranched alkanes of at least 4 members (excludes halogenated alkanes) is 1. The van der Waals surface area contributed by atoms with E-state index in [0.29, 0.717) is 0 Å². The van der Waals surface area contributed by atoms with E-state index in [-0.39, 0.29) is 0 Å². The molecule has 3 heteroatoms. The first-order valence-corrected chi connectivity index (χ1v) is 8.08. The van der Waals surface area contributed by atoms with Gasteiger partial charge in [-0.2, -0.15) is 0 Å². The van der Waals surface area contributed by atoms with Crippen molar-refractivity contribution in [3.63, 3.8) is 0 Å². The zero-order chi connectivity index (χ0) is 15.2. The SMILES string of the molecule is CCN(CCCCc1cccnc1)c1c[nH]c2ccccc12. The van der Waals surface area contributed by atoms with E-state index in [1.807, 2.05) is 18.5 Å². The fourth-order valence-electron chi connectivity index (χ4n) is 2.94. The molecule has 0 spiro atoms. The lowest BCUT2D eigenvalue weighted by Crippen LogP contribution is -2.23. The standard InChI is InChI=1S/C19H23N3/c1-2-22(13-6-5-8-16-9-7-12-20-14-16)19-15-21-18-11-4-3-10-17(18)19/h3-4,7,9-12,14-15,21H,2,5-6,8,13H2,1H3. The summed E-state index contributed by atoms with van der Waals surface area (Å²) in [6, 6.07) is 12.7. The van der Waals surface area contributed by atoms with Gasteiger partial charge < -0.3 is 9.88 Å². The Morgan fingerprint density at radius 3 is 2.82 bits per heavy atom. The Bertz CT molecular complexity index is 703. The summed E-state index contributed by atoms with van der Waals surface area (Å²) in [4.78, 5) is 10.0. The first kappa shape index (κ1) is 14.6. The molecule has 0 fully saturated rings. The minimum absolute atomic E-state index is 1.04. The Kier molecular flexibility index (Phi) is 4.74. The fourth-order valence-corrected chi connectivity index (χ4v) is 2.94. The maximum Gasteiger partial charge on any atom is 0.0623 e. The summed E-state index contributed by atoms with van der Waals surface area (Å²) in [5, 5.41) is 1.32. The van der Waals surface area contributed by atoms with Crippen molar-refractivity contribution >= 4 is 16.6 Å². The number of hydrogen-bond acceptors (Lipinski definition) is 2. The van der Waals surface area contributed by atoms with Gasteiger partial charge in [0, 0.05) is 42.6 Å². The monoisotopic (exact) mass is 293 g/mol. The van der Waals surface area contributed by atoms with Crippen LogP contribution >= 0.6 is 0 Å². The Morgan fingerprint density at radius 2 is 2.00 bits per heavy atom. The Balaban J connectivity index is 1.58. The molecular formula is C19H23N3. The minimum Gasteiger partial charge on any atom is -0.370 e. The molecule has 22 heavy (non-hydrogen) atoms. The number of nitrogens with zero attached hydrogens (tertiary/aromatic N) is 2. The fraction of sp³-hybridized carbons (Fsp3) is 0.316. The molecule has 2 heterocycles. The number of aromatic nitrogens is 2. The number of fused-ring (bicyclic) bond motifs is 1. The number of anilines is 1. The molecule has 0 aliphatic rings. The van der Waals surface area contributed by atoms with Gasteiger partial charge in [0.1, 0.15) is 0 Å². The van der Waals surface area contributed by atoms with Gasteiger partial charge in [0.25, 0.3) is 0 Å². The quantitative estimate of drug-likeness (QED) is 0.654. The van der Waals surface area contributed by atoms with Crippen LogP contribution in [0, 0.1) is 0 Å². The van der Waals surface area contributed by atoms with Crippen LogP contribution in [0.5, 0.6) is 0 Å². The molecule has 0 atom stereocenters. The lowest BCUT2D eigenvalue weighted by Gasteiger charge is -2.22. The van der Waals surface area contributed by atoms with Gasteiger partial charge in [0.2, 0.25) is 0 Å². The first-order valence-electron chi connectivity index (χ1n) is 8.08. The highest BCUT2D eigenvalue weighted by Gasteiger charge is 2.09. The molecule has 0 saturated heterocycles. The highest BCUT2D eigenvalue weighted by atomic mass is 15.1. The average Bonchev–Trinajstić information content (AvgIpc) is 3.00. The predicted octanol–water partition coefficient (Wildman–Crippen LogP) is 4.41. The lowest BCUT2D eigenvalue weighted by atomic mass is 10.1. The van der Waals surface area contributed by atoms with Gasteiger partial charge in [-0.15, -0.1) is 0 Å². The molecule has 1 aromatic carbocycles. The number of hydrogen-bond donors (Lipinski definition) is 1. The number of pyridine rings is 1. The van der Waals surface area contributed by atoms with E-state index in [0.717, 1.165) is 19.5 Å². The molecule has 0 unspecified atom stereocenters. The number of rotatable bonds is 7. The van der Waals surface area contributed by atoms with Crippen LogP contribution in [0.3, 0.4) is 0 Å². The number of nitrogens with one attached hydrogen (secondary N) is 1. The molecule has 2 aromatic heterocycles. The highest BCUT2D eigenvalue weighted by molar-refractivity contribution is 5.92. The van der Waals surface area contributed by atoms with Crippen LogP contribution in [0.4, 0.5) is 5.69 Å². The summed E-state index contributed by atoms with van der Waals surface area (Å²) < 4.78 is 0. The predicted molar refractivity (Wildman–Crippen MR) is 93.4 cm³/mol. The minimum atomic E-state index is 1.04. The van der Waals surface area contributed by atoms with E-state index < -0.39 is 0 Å². The van der Waals surface area contributed by atoms with E-state index in [1.165, 1.54) is 35.0 Å². The second-order valence-corrected chi connectivity index (χ2v) is 5.62. The van der Waals surface area contributed by atoms with E-state index in [4.69, 9.17) is 0 Å². The van der Waals surface area contributed by atoms with Gasteiger partial charge in [0.05, 0.1) is 5.69 Å². The second-order valence-electron chi connectivity index (χ2n) is 5.62. The van der Waals surface area contributed by atoms with Crippen LogP contribution < -0.4 is 4.90 Å². The average molecular weight is 293 g/mol. The van der Waals surface area contributed by atoms with Gasteiger partial charge in [-0.05, 0) is 43.9 Å². The van der Waals surface area contributed by atoms with Gasteiger partial charge in [-0.25, -0.2) is 0 Å². The Labute approximate surface area is 132 Å². The van der Waals surface area contributed by atoms with Crippen molar-refractivity contribution in [2.45, 2.75) is 26.2 Å². The Hall–Kier alpha value is -2.29. The largest absolute Gasteiger partial charge is 0.370 e. The van der Waals surface area contributed by atoms with Gasteiger partial charge >= 0.3 is 0 Å². The second kappa shape index (κ2) is 7.12. The van der Waals surface area contributed by atoms with E-state index in [2.05, 4.69) is 58.3 Å². The summed E-state index contributed by atoms with van der Waals surface area (Å²) >= 11 is 0. The van der Waals surface area contributed by atoms with Gasteiger partial charge in [-0.1, -0.05) is 24.3 Å². The van der Waals surface area contributed by atoms with E-state index in [9.17, 15) is 0 Å². The van der Waals surface area contributed by atoms with E-state index >= 15 is 0 Å². The third kappa shape index (κ3) is 3.30. The molecule has 0 saturated carbocycles. The molecule has 1 N–H and O–H groups in total. The summed E-state index contributed by atoms with van der Waals surface area (Å²) in [5.74, 6) is 0. The number of aryl methyl sites for hydroxylation is 1. The summed E-state index contributed by atoms with van der Waals surface area (Å²) in [6.45, 7) is 4.36. The molecule has 0 radical (unpaired) electrons. The van der Waals surface area contributed by atoms with Crippen LogP contribution in [-0.4, -0.2) is 23.1 Å². The van der Waals surface area contributed by atoms with Crippen LogP contribution in [0.2, 0.25) is 0 Å². The molecule has 0 aliphatic carbocycles. The van der Waals surface area contributed by atoms with Gasteiger partial charge in [0.15, 0.2) is 0 Å². The van der Waals surface area contributed by atoms with Crippen molar-refractivity contribution < 1.29 is 0 Å². The highest BCUT2D eigenvalue weighted by Crippen LogP contribution is 2.26. The van der Waals surface area contributed by atoms with Crippen molar-refractivity contribution in [2.24, 2.45) is 0 Å². The number of para-hydroxylation sites is 1. The third-order valence-electron chi connectivity index (χ3n) is 4.16. The van der Waals surface area contributed by atoms with Crippen LogP contribution in [0.1, 0.15) is 25.3 Å². The maximum atomic E-state index is 4.17. The number of benzene rings is 1. The van der Waals surface area contributed by atoms with Crippen LogP contribution in [0.25, 0.3) is 10.9 Å². The van der Waals surface area contributed by atoms with Crippen molar-refractivity contribution in [3.8, 4) is 0 Å². The normalized spacial score (nSPS) is 11.0. The Morgan fingerprint density at radius 1 is 1.09 bits per heavy atom. The van der Waals surface area contributed by atoms with Crippen molar-refractivity contribution in [1.82, 2.24) is 9.97 Å². The number of aromatic amines is 1. The molecule has 3 aromatic rings. The topological polar surface area (TPSA) is 31.9 Å². The van der Waals surface area contributed by atoms with E-state index in [1.54, 1.807) is 0 Å². The molecule has 0 bridgehead atoms. The molecule has 114 valence electrons. The molecule has 0 amide bonds. The van der Waals surface area contributed by atoms with Crippen molar-refractivity contribution in [2.75, 3.05) is 18.0 Å². The van der Waals surface area contributed by atoms with Crippen molar-refractivity contribution in [3.05, 3.63) is 60.6 Å². The summed E-state index contributed by atoms with van der Waals surface area (Å²) in [5.41, 5.74) is 3.86. The smallest absolute Gasteiger partial charge is 0.0623 e. The first-order chi connectivity index (χ1) is 10.9. The van der Waals surface area contributed by atoms with Crippen LogP contribution in [-0.2, 0) is 6.42 Å². The molecular weight excluding hydrogens is 270 g/mol. The summed E-state index contributed by atoms with van der Waals surface area (Å²) in [6.07, 6.45) is 9.44. The zero-order valence-corrected chi connectivity index (χ0v) is 13.1. The van der Waals surface area contributed by atoms with Crippen molar-refractivity contribution in [1.29, 1.82) is 0 Å². The summed E-state index contributed by atoms with van der Waals surface area (Å²) in [7, 11) is 0. The zero-order valence-electron chi connectivity index (χ0n) is 13.1. The molecule has 3 rings (SSSR count). The molecule has 3 nitrogen and oxygen atoms in total. The number of H-pyrrole nitrogens is 1. The maximum absolute atomic E-state index is 4.17. The van der Waals surface area contributed by atoms with Gasteiger partial charge in [-0.3, -0.25) is 4.98 Å². The molecule has 0 aliphatic heterocycles. The lowest BCUT2D eigenvalue weighted by molar-refractivity contribution is 0.696. The van der Waals surface area contributed by atoms with Crippen LogP contribution in [0.15, 0.2) is 55.0 Å². The third-order valence-corrected chi connectivity index (χ3v) is 4.16.